The largest absolute Gasteiger partial charge is 0.504 e. The maximum atomic E-state index is 12.7. The predicted molar refractivity (Wildman–Crippen MR) is 113 cm³/mol. The van der Waals surface area contributed by atoms with E-state index in [0.29, 0.717) is 18.4 Å². The van der Waals surface area contributed by atoms with Gasteiger partial charge in [0.25, 0.3) is 0 Å². The molecular formula is C22H38O4S. The Morgan fingerprint density at radius 3 is 2.04 bits per heavy atom. The minimum Gasteiger partial charge on any atom is -0.504 e. The van der Waals surface area contributed by atoms with E-state index in [1.54, 1.807) is 19.1 Å². The summed E-state index contributed by atoms with van der Waals surface area (Å²) in [4.78, 5) is 0. The van der Waals surface area contributed by atoms with Crippen LogP contribution in [0.2, 0.25) is 0 Å². The molecule has 4 nitrogen and oxygen atoms in total. The van der Waals surface area contributed by atoms with Gasteiger partial charge in [0.15, 0.2) is 11.5 Å². The van der Waals surface area contributed by atoms with Gasteiger partial charge in [-0.3, -0.25) is 0 Å². The first-order valence-corrected chi connectivity index (χ1v) is 12.1. The van der Waals surface area contributed by atoms with E-state index in [9.17, 15) is 13.5 Å². The minimum absolute atomic E-state index is 0.0608. The van der Waals surface area contributed by atoms with Crippen molar-refractivity contribution in [2.45, 2.75) is 103 Å². The van der Waals surface area contributed by atoms with Crippen molar-refractivity contribution in [3.05, 3.63) is 23.8 Å². The van der Waals surface area contributed by atoms with Crippen LogP contribution in [0.1, 0.15) is 96.5 Å². The van der Waals surface area contributed by atoms with Gasteiger partial charge in [0.1, 0.15) is 0 Å². The second kappa shape index (κ2) is 13.0. The number of para-hydroxylation sites is 1. The molecule has 5 heteroatoms. The molecule has 0 aromatic heterocycles. The normalized spacial score (nSPS) is 12.9. The van der Waals surface area contributed by atoms with Gasteiger partial charge in [0.05, 0.1) is 5.25 Å². The van der Waals surface area contributed by atoms with Crippen LogP contribution in [0.25, 0.3) is 0 Å². The van der Waals surface area contributed by atoms with Crippen LogP contribution in [0.15, 0.2) is 18.2 Å². The molecule has 0 spiro atoms. The second-order valence-corrected chi connectivity index (χ2v) is 9.35. The number of phenolic OH excluding ortho intramolecular Hbond substituents is 1. The molecule has 0 aliphatic heterocycles. The minimum atomic E-state index is -3.75. The lowest BCUT2D eigenvalue weighted by Crippen LogP contribution is -2.26. The lowest BCUT2D eigenvalue weighted by atomic mass is 10.0. The van der Waals surface area contributed by atoms with Crippen molar-refractivity contribution in [1.29, 1.82) is 0 Å². The molecule has 1 rings (SSSR count). The Bertz CT molecular complexity index is 605. The fraction of sp³-hybridized carbons (Fsp3) is 0.727. The van der Waals surface area contributed by atoms with Gasteiger partial charge in [-0.1, -0.05) is 90.2 Å². The van der Waals surface area contributed by atoms with Crippen molar-refractivity contribution in [1.82, 2.24) is 0 Å². The Morgan fingerprint density at radius 1 is 0.889 bits per heavy atom. The topological polar surface area (TPSA) is 63.6 Å². The van der Waals surface area contributed by atoms with Crippen LogP contribution in [-0.2, 0) is 10.1 Å². The molecule has 1 aromatic rings. The molecule has 1 N–H and O–H groups in total. The molecule has 1 unspecified atom stereocenters. The summed E-state index contributed by atoms with van der Waals surface area (Å²) in [6, 6.07) is 4.86. The zero-order valence-corrected chi connectivity index (χ0v) is 18.2. The molecule has 1 atom stereocenters. The van der Waals surface area contributed by atoms with E-state index in [2.05, 4.69) is 6.92 Å². The molecule has 0 heterocycles. The molecule has 0 radical (unpaired) electrons. The predicted octanol–water partition coefficient (Wildman–Crippen LogP) is 6.50. The Balaban J connectivity index is 2.47. The summed E-state index contributed by atoms with van der Waals surface area (Å²) in [7, 11) is -3.75. The molecule has 0 bridgehead atoms. The number of aromatic hydroxyl groups is 1. The number of phenols is 1. The van der Waals surface area contributed by atoms with Crippen LogP contribution in [-0.4, -0.2) is 18.8 Å². The maximum absolute atomic E-state index is 12.7. The van der Waals surface area contributed by atoms with E-state index in [1.165, 1.54) is 51.0 Å². The van der Waals surface area contributed by atoms with E-state index in [-0.39, 0.29) is 11.5 Å². The molecule has 0 amide bonds. The van der Waals surface area contributed by atoms with E-state index >= 15 is 0 Å². The Kier molecular flexibility index (Phi) is 11.5. The van der Waals surface area contributed by atoms with Gasteiger partial charge >= 0.3 is 10.1 Å². The molecular weight excluding hydrogens is 360 g/mol. The number of aryl methyl sites for hydroxylation is 1. The molecule has 156 valence electrons. The Hall–Kier alpha value is -1.23. The highest BCUT2D eigenvalue weighted by atomic mass is 32.2. The number of benzene rings is 1. The van der Waals surface area contributed by atoms with Crippen molar-refractivity contribution in [2.75, 3.05) is 0 Å². The van der Waals surface area contributed by atoms with Crippen molar-refractivity contribution in [2.24, 2.45) is 0 Å². The monoisotopic (exact) mass is 398 g/mol. The highest BCUT2D eigenvalue weighted by Gasteiger charge is 2.28. The van der Waals surface area contributed by atoms with E-state index in [0.717, 1.165) is 19.3 Å². The van der Waals surface area contributed by atoms with Gasteiger partial charge in [-0.05, 0) is 31.4 Å². The highest BCUT2D eigenvalue weighted by molar-refractivity contribution is 7.87. The molecule has 0 aliphatic rings. The third-order valence-corrected chi connectivity index (χ3v) is 6.73. The first kappa shape index (κ1) is 23.8. The average molecular weight is 399 g/mol. The van der Waals surface area contributed by atoms with Crippen LogP contribution in [0.5, 0.6) is 11.5 Å². The zero-order valence-electron chi connectivity index (χ0n) is 17.4. The molecule has 27 heavy (non-hydrogen) atoms. The summed E-state index contributed by atoms with van der Waals surface area (Å²) in [6.07, 6.45) is 12.9. The summed E-state index contributed by atoms with van der Waals surface area (Å²) >= 11 is 0. The summed E-state index contributed by atoms with van der Waals surface area (Å²) in [6.45, 7) is 5.95. The third kappa shape index (κ3) is 9.00. The summed E-state index contributed by atoms with van der Waals surface area (Å²) in [5.74, 6) is -0.0671. The van der Waals surface area contributed by atoms with Crippen molar-refractivity contribution >= 4 is 10.1 Å². The molecule has 0 saturated heterocycles. The van der Waals surface area contributed by atoms with Gasteiger partial charge in [-0.15, -0.1) is 0 Å². The first-order valence-electron chi connectivity index (χ1n) is 10.6. The molecule has 0 fully saturated rings. The van der Waals surface area contributed by atoms with Crippen LogP contribution in [0.4, 0.5) is 0 Å². The van der Waals surface area contributed by atoms with Gasteiger partial charge in [0, 0.05) is 0 Å². The van der Waals surface area contributed by atoms with E-state index in [4.69, 9.17) is 4.18 Å². The van der Waals surface area contributed by atoms with Crippen LogP contribution in [0.3, 0.4) is 0 Å². The number of rotatable bonds is 15. The lowest BCUT2D eigenvalue weighted by Gasteiger charge is -2.18. The molecule has 0 aliphatic carbocycles. The Morgan fingerprint density at radius 2 is 1.48 bits per heavy atom. The quantitative estimate of drug-likeness (QED) is 0.270. The van der Waals surface area contributed by atoms with Gasteiger partial charge in [-0.2, -0.15) is 8.42 Å². The number of hydrogen-bond acceptors (Lipinski definition) is 4. The standard InChI is InChI=1S/C22H38O4S/c1-4-6-7-8-9-10-11-12-13-17-20(15-5-2)27(24,25)26-22-19(3)16-14-18-21(22)23/h14,16,18,20,23H,4-13,15,17H2,1-3H3. The zero-order chi connectivity index (χ0) is 20.1. The van der Waals surface area contributed by atoms with Gasteiger partial charge in [-0.25, -0.2) is 0 Å². The fourth-order valence-electron chi connectivity index (χ4n) is 3.37. The Labute approximate surface area is 166 Å². The summed E-state index contributed by atoms with van der Waals surface area (Å²) in [5.41, 5.74) is 0.622. The van der Waals surface area contributed by atoms with Crippen molar-refractivity contribution in [3.8, 4) is 11.5 Å². The smallest absolute Gasteiger partial charge is 0.312 e. The average Bonchev–Trinajstić information content (AvgIpc) is 2.62. The lowest BCUT2D eigenvalue weighted by molar-refractivity contribution is 0.414. The summed E-state index contributed by atoms with van der Waals surface area (Å²) in [5, 5.41) is 9.42. The van der Waals surface area contributed by atoms with Crippen molar-refractivity contribution < 1.29 is 17.7 Å². The fourth-order valence-corrected chi connectivity index (χ4v) is 4.93. The maximum Gasteiger partial charge on any atom is 0.312 e. The van der Waals surface area contributed by atoms with Gasteiger partial charge < -0.3 is 9.29 Å². The van der Waals surface area contributed by atoms with Crippen LogP contribution >= 0.6 is 0 Å². The molecule has 0 saturated carbocycles. The van der Waals surface area contributed by atoms with E-state index < -0.39 is 15.4 Å². The molecule has 1 aromatic carbocycles. The van der Waals surface area contributed by atoms with Crippen LogP contribution < -0.4 is 4.18 Å². The first-order chi connectivity index (χ1) is 12.9. The SMILES string of the molecule is CCCCCCCCCCCC(CCC)S(=O)(=O)Oc1c(C)cccc1O. The number of unbranched alkanes of at least 4 members (excludes halogenated alkanes) is 8. The highest BCUT2D eigenvalue weighted by Crippen LogP contribution is 2.32. The summed E-state index contributed by atoms with van der Waals surface area (Å²) < 4.78 is 30.8. The second-order valence-electron chi connectivity index (χ2n) is 7.53. The van der Waals surface area contributed by atoms with E-state index in [1.807, 2.05) is 6.92 Å². The third-order valence-electron chi connectivity index (χ3n) is 5.04. The van der Waals surface area contributed by atoms with Crippen molar-refractivity contribution in [3.63, 3.8) is 0 Å². The number of hydrogen-bond donors (Lipinski definition) is 1. The van der Waals surface area contributed by atoms with Crippen LogP contribution in [0, 0.1) is 6.92 Å². The van der Waals surface area contributed by atoms with Gasteiger partial charge in [0.2, 0.25) is 0 Å².